The van der Waals surface area contributed by atoms with Gasteiger partial charge in [0.25, 0.3) is 0 Å². The lowest BCUT2D eigenvalue weighted by Crippen LogP contribution is -2.36. The molecule has 2 aromatic rings. The van der Waals surface area contributed by atoms with Gasteiger partial charge in [-0.15, -0.1) is 6.58 Å². The third-order valence-corrected chi connectivity index (χ3v) is 7.10. The summed E-state index contributed by atoms with van der Waals surface area (Å²) in [6.07, 6.45) is 5.09. The summed E-state index contributed by atoms with van der Waals surface area (Å²) in [7, 11) is 1.64. The number of pyridine rings is 1. The molecule has 31 heavy (non-hydrogen) atoms. The van der Waals surface area contributed by atoms with Gasteiger partial charge < -0.3 is 14.9 Å². The second-order valence-electron chi connectivity index (χ2n) is 9.50. The van der Waals surface area contributed by atoms with Gasteiger partial charge in [0.1, 0.15) is 17.2 Å². The highest BCUT2D eigenvalue weighted by Crippen LogP contribution is 2.62. The fourth-order valence-electron chi connectivity index (χ4n) is 5.79. The zero-order chi connectivity index (χ0) is 22.3. The van der Waals surface area contributed by atoms with Crippen LogP contribution in [0.2, 0.25) is 0 Å². The lowest BCUT2D eigenvalue weighted by Gasteiger charge is -2.33. The van der Waals surface area contributed by atoms with Crippen molar-refractivity contribution in [1.82, 2.24) is 9.88 Å². The molecule has 2 fully saturated rings. The van der Waals surface area contributed by atoms with Crippen LogP contribution in [-0.4, -0.2) is 58.2 Å². The molecule has 6 heteroatoms. The molecule has 164 valence electrons. The van der Waals surface area contributed by atoms with E-state index in [0.29, 0.717) is 38.0 Å². The Hall–Kier alpha value is -2.70. The Bertz CT molecular complexity index is 991. The zero-order valence-corrected chi connectivity index (χ0v) is 18.2. The van der Waals surface area contributed by atoms with Crippen molar-refractivity contribution >= 4 is 5.78 Å². The molecule has 1 aliphatic carbocycles. The van der Waals surface area contributed by atoms with Gasteiger partial charge in [-0.3, -0.25) is 9.69 Å². The summed E-state index contributed by atoms with van der Waals surface area (Å²) in [5.74, 6) is 0.756. The number of methoxy groups -OCH3 is 1. The summed E-state index contributed by atoms with van der Waals surface area (Å²) in [6, 6.07) is 10.9. The molecule has 2 aliphatic rings. The fraction of sp³-hybridized carbons (Fsp3) is 0.440. The predicted octanol–water partition coefficient (Wildman–Crippen LogP) is 3.24. The minimum atomic E-state index is -0.829. The molecular weight excluding hydrogens is 392 g/mol. The maximum atomic E-state index is 12.7. The second kappa shape index (κ2) is 7.77. The van der Waals surface area contributed by atoms with E-state index < -0.39 is 5.60 Å². The Labute approximate surface area is 183 Å². The number of ketones is 1. The molecule has 1 aromatic carbocycles. The highest BCUT2D eigenvalue weighted by Gasteiger charge is 2.63. The van der Waals surface area contributed by atoms with Crippen molar-refractivity contribution in [2.24, 2.45) is 10.8 Å². The number of fused-ring (bicyclic) bond motifs is 1. The molecule has 3 unspecified atom stereocenters. The van der Waals surface area contributed by atoms with Crippen LogP contribution in [0.3, 0.4) is 0 Å². The van der Waals surface area contributed by atoms with Crippen molar-refractivity contribution in [2.45, 2.75) is 31.8 Å². The average Bonchev–Trinajstić information content (AvgIpc) is 3.10. The Kier molecular flexibility index (Phi) is 5.40. The van der Waals surface area contributed by atoms with E-state index in [1.807, 2.05) is 30.3 Å². The Balaban J connectivity index is 1.48. The smallest absolute Gasteiger partial charge is 0.195 e. The summed E-state index contributed by atoms with van der Waals surface area (Å²) >= 11 is 0. The van der Waals surface area contributed by atoms with Crippen molar-refractivity contribution in [2.75, 3.05) is 26.7 Å². The molecule has 2 N–H and O–H groups in total. The number of likely N-dealkylation sites (tertiary alicyclic amines) is 1. The molecule has 0 radical (unpaired) electrons. The van der Waals surface area contributed by atoms with Crippen LogP contribution < -0.4 is 4.74 Å². The minimum absolute atomic E-state index is 0.0423. The van der Waals surface area contributed by atoms with Crippen molar-refractivity contribution in [3.63, 3.8) is 0 Å². The number of carbonyl (C=O) groups is 1. The van der Waals surface area contributed by atoms with Crippen molar-refractivity contribution in [3.8, 4) is 11.5 Å². The van der Waals surface area contributed by atoms with Crippen LogP contribution in [0.5, 0.6) is 11.5 Å². The van der Waals surface area contributed by atoms with Crippen LogP contribution in [0.15, 0.2) is 55.3 Å². The monoisotopic (exact) mass is 422 g/mol. The van der Waals surface area contributed by atoms with E-state index in [-0.39, 0.29) is 28.9 Å². The van der Waals surface area contributed by atoms with Gasteiger partial charge in [0.05, 0.1) is 25.5 Å². The first-order valence-corrected chi connectivity index (χ1v) is 10.6. The lowest BCUT2D eigenvalue weighted by molar-refractivity contribution is 0.0274. The fourth-order valence-corrected chi connectivity index (χ4v) is 5.79. The van der Waals surface area contributed by atoms with Crippen molar-refractivity contribution < 1.29 is 19.7 Å². The highest BCUT2D eigenvalue weighted by molar-refractivity contribution is 5.95. The van der Waals surface area contributed by atoms with Gasteiger partial charge in [0.2, 0.25) is 0 Å². The Morgan fingerprint density at radius 3 is 2.74 bits per heavy atom. The zero-order valence-electron chi connectivity index (χ0n) is 18.2. The normalized spacial score (nSPS) is 30.2. The first-order chi connectivity index (χ1) is 14.7. The van der Waals surface area contributed by atoms with Crippen molar-refractivity contribution in [1.29, 1.82) is 0 Å². The molecule has 1 saturated carbocycles. The first-order valence-electron chi connectivity index (χ1n) is 10.6. The molecule has 1 saturated heterocycles. The molecule has 0 spiro atoms. The number of rotatable bonds is 7. The first kappa shape index (κ1) is 21.5. The number of hydrogen-bond donors (Lipinski definition) is 2. The van der Waals surface area contributed by atoms with Crippen molar-refractivity contribution in [3.05, 3.63) is 66.5 Å². The number of benzene rings is 1. The van der Waals surface area contributed by atoms with Gasteiger partial charge in [-0.2, -0.15) is 0 Å². The standard InChI is InChI=1S/C25H30N2O4/c1-4-24-15-25(30,11-18-6-5-7-20(10-18)31-3)14-23(24,2)16-27(17-24)13-22(29)21-9-8-19(28)12-26-21/h4-10,12,28,30H,1,11,13-17H2,2-3H3. The number of carbonyl (C=O) groups excluding carboxylic acids is 1. The maximum absolute atomic E-state index is 12.7. The van der Waals surface area contributed by atoms with Gasteiger partial charge in [-0.1, -0.05) is 25.1 Å². The molecule has 3 atom stereocenters. The molecule has 1 aliphatic heterocycles. The highest BCUT2D eigenvalue weighted by atomic mass is 16.5. The van der Waals surface area contributed by atoms with E-state index in [4.69, 9.17) is 4.74 Å². The summed E-state index contributed by atoms with van der Waals surface area (Å²) in [6.45, 7) is 7.97. The van der Waals surface area contributed by atoms with Gasteiger partial charge in [-0.25, -0.2) is 4.98 Å². The van der Waals surface area contributed by atoms with Crippen LogP contribution in [0.1, 0.15) is 35.8 Å². The summed E-state index contributed by atoms with van der Waals surface area (Å²) in [4.78, 5) is 18.9. The minimum Gasteiger partial charge on any atom is -0.506 e. The maximum Gasteiger partial charge on any atom is 0.195 e. The average molecular weight is 423 g/mol. The molecule has 6 nitrogen and oxygen atoms in total. The molecule has 0 bridgehead atoms. The van der Waals surface area contributed by atoms with E-state index in [1.165, 1.54) is 12.3 Å². The summed E-state index contributed by atoms with van der Waals surface area (Å²) in [5, 5.41) is 20.9. The number of aromatic hydroxyl groups is 1. The Morgan fingerprint density at radius 1 is 1.29 bits per heavy atom. The number of aromatic nitrogens is 1. The largest absolute Gasteiger partial charge is 0.506 e. The number of aliphatic hydroxyl groups is 1. The molecule has 2 heterocycles. The molecule has 0 amide bonds. The second-order valence-corrected chi connectivity index (χ2v) is 9.50. The predicted molar refractivity (Wildman–Crippen MR) is 118 cm³/mol. The SMILES string of the molecule is C=CC12CN(CC(=O)c3ccc(O)cn3)CC1(C)CC(O)(Cc1cccc(OC)c1)C2. The molecule has 4 rings (SSSR count). The van der Waals surface area contributed by atoms with E-state index in [0.717, 1.165) is 11.3 Å². The summed E-state index contributed by atoms with van der Waals surface area (Å²) in [5.41, 5.74) is 0.135. The van der Waals surface area contributed by atoms with E-state index in [2.05, 4.69) is 23.4 Å². The van der Waals surface area contributed by atoms with Crippen LogP contribution in [0, 0.1) is 10.8 Å². The number of nitrogens with zero attached hydrogens (tertiary/aromatic N) is 2. The van der Waals surface area contributed by atoms with Gasteiger partial charge in [0.15, 0.2) is 5.78 Å². The van der Waals surface area contributed by atoms with Crippen LogP contribution in [0.25, 0.3) is 0 Å². The molecular formula is C25H30N2O4. The molecule has 1 aromatic heterocycles. The number of hydrogen-bond acceptors (Lipinski definition) is 6. The van der Waals surface area contributed by atoms with Gasteiger partial charge in [-0.05, 0) is 48.1 Å². The van der Waals surface area contributed by atoms with E-state index in [1.54, 1.807) is 13.2 Å². The quantitative estimate of drug-likeness (QED) is 0.527. The topological polar surface area (TPSA) is 82.9 Å². The van der Waals surface area contributed by atoms with Gasteiger partial charge in [0, 0.05) is 24.9 Å². The third kappa shape index (κ3) is 3.98. The van der Waals surface area contributed by atoms with Crippen LogP contribution >= 0.6 is 0 Å². The van der Waals surface area contributed by atoms with E-state index >= 15 is 0 Å². The van der Waals surface area contributed by atoms with Crippen LogP contribution in [-0.2, 0) is 6.42 Å². The Morgan fingerprint density at radius 2 is 2.10 bits per heavy atom. The lowest BCUT2D eigenvalue weighted by atomic mass is 9.70. The number of ether oxygens (including phenoxy) is 1. The third-order valence-electron chi connectivity index (χ3n) is 7.10. The summed E-state index contributed by atoms with van der Waals surface area (Å²) < 4.78 is 5.33. The number of Topliss-reactive ketones (excluding diaryl/α,β-unsaturated/α-hetero) is 1. The van der Waals surface area contributed by atoms with Crippen LogP contribution in [0.4, 0.5) is 0 Å². The van der Waals surface area contributed by atoms with E-state index in [9.17, 15) is 15.0 Å². The van der Waals surface area contributed by atoms with Gasteiger partial charge >= 0.3 is 0 Å².